The second kappa shape index (κ2) is 6.88. The summed E-state index contributed by atoms with van der Waals surface area (Å²) in [5.41, 5.74) is -0.453. The number of carboxylic acid groups (broad SMARTS) is 2. The number of carbonyl (C=O) groups excluding carboxylic acids is 1. The number of aryl methyl sites for hydroxylation is 1. The van der Waals surface area contributed by atoms with Gasteiger partial charge < -0.3 is 20.1 Å². The van der Waals surface area contributed by atoms with E-state index in [1.807, 2.05) is 0 Å². The summed E-state index contributed by atoms with van der Waals surface area (Å²) in [5.74, 6) is -3.50. The van der Waals surface area contributed by atoms with Crippen molar-refractivity contribution in [1.29, 1.82) is 0 Å². The summed E-state index contributed by atoms with van der Waals surface area (Å²) in [6.45, 7) is -0.0786. The zero-order valence-electron chi connectivity index (χ0n) is 11.2. The van der Waals surface area contributed by atoms with Crippen LogP contribution in [0, 0.1) is 6.92 Å². The topological polar surface area (TPSA) is 141 Å². The van der Waals surface area contributed by atoms with Crippen LogP contribution in [0.2, 0.25) is 0 Å². The van der Waals surface area contributed by atoms with Gasteiger partial charge in [-0.15, -0.1) is 11.8 Å². The fourth-order valence-corrected chi connectivity index (χ4v) is 2.26. The molecule has 0 aliphatic heterocycles. The number of aromatic amines is 1. The first kappa shape index (κ1) is 16.7. The van der Waals surface area contributed by atoms with E-state index in [-0.39, 0.29) is 16.3 Å². The highest BCUT2D eigenvalue weighted by Gasteiger charge is 2.26. The highest BCUT2D eigenvalue weighted by Crippen LogP contribution is 2.19. The summed E-state index contributed by atoms with van der Waals surface area (Å²) in [5, 5.41) is 17.6. The molecular formula is C11H13N3O6S. The molecule has 0 aliphatic carbocycles. The van der Waals surface area contributed by atoms with Crippen LogP contribution >= 0.6 is 11.8 Å². The fourth-order valence-electron chi connectivity index (χ4n) is 1.64. The van der Waals surface area contributed by atoms with Crippen molar-refractivity contribution in [3.05, 3.63) is 21.7 Å². The number of nitrogens with zero attached hydrogens (tertiary/aromatic N) is 2. The monoisotopic (exact) mass is 315 g/mol. The van der Waals surface area contributed by atoms with Crippen molar-refractivity contribution in [2.75, 3.05) is 19.3 Å². The van der Waals surface area contributed by atoms with E-state index in [4.69, 9.17) is 10.2 Å². The molecule has 0 aliphatic rings. The SMILES string of the molecule is CSc1nc(=O)[nH]c(C)c1C(=O)N(CC(=O)O)CC(=O)O. The minimum Gasteiger partial charge on any atom is -0.480 e. The number of H-pyrrole nitrogens is 1. The summed E-state index contributed by atoms with van der Waals surface area (Å²) in [7, 11) is 0. The van der Waals surface area contributed by atoms with E-state index in [2.05, 4.69) is 9.97 Å². The predicted molar refractivity (Wildman–Crippen MR) is 72.6 cm³/mol. The number of carbonyl (C=O) groups is 3. The van der Waals surface area contributed by atoms with Crippen molar-refractivity contribution in [2.45, 2.75) is 11.9 Å². The molecule has 9 nitrogen and oxygen atoms in total. The lowest BCUT2D eigenvalue weighted by Crippen LogP contribution is -2.40. The van der Waals surface area contributed by atoms with Gasteiger partial charge in [0.05, 0.1) is 5.56 Å². The van der Waals surface area contributed by atoms with Crippen LogP contribution in [0.3, 0.4) is 0 Å². The summed E-state index contributed by atoms with van der Waals surface area (Å²) in [4.78, 5) is 51.8. The van der Waals surface area contributed by atoms with E-state index in [9.17, 15) is 19.2 Å². The van der Waals surface area contributed by atoms with E-state index in [1.54, 1.807) is 6.26 Å². The molecule has 114 valence electrons. The fraction of sp³-hybridized carbons (Fsp3) is 0.364. The first-order chi connectivity index (χ1) is 9.76. The Morgan fingerprint density at radius 3 is 2.19 bits per heavy atom. The summed E-state index contributed by atoms with van der Waals surface area (Å²) >= 11 is 1.03. The third kappa shape index (κ3) is 4.31. The molecule has 1 aromatic heterocycles. The Morgan fingerprint density at radius 2 is 1.76 bits per heavy atom. The molecular weight excluding hydrogens is 302 g/mol. The van der Waals surface area contributed by atoms with Gasteiger partial charge in [-0.1, -0.05) is 0 Å². The number of rotatable bonds is 6. The van der Waals surface area contributed by atoms with E-state index >= 15 is 0 Å². The van der Waals surface area contributed by atoms with Crippen LogP contribution in [-0.2, 0) is 9.59 Å². The van der Waals surface area contributed by atoms with Crippen molar-refractivity contribution < 1.29 is 24.6 Å². The first-order valence-corrected chi connectivity index (χ1v) is 6.86. The molecule has 21 heavy (non-hydrogen) atoms. The van der Waals surface area contributed by atoms with Gasteiger partial charge in [0, 0.05) is 5.69 Å². The highest BCUT2D eigenvalue weighted by molar-refractivity contribution is 7.98. The van der Waals surface area contributed by atoms with E-state index < -0.39 is 36.6 Å². The maximum absolute atomic E-state index is 12.4. The first-order valence-electron chi connectivity index (χ1n) is 5.64. The lowest BCUT2D eigenvalue weighted by Gasteiger charge is -2.20. The van der Waals surface area contributed by atoms with Crippen molar-refractivity contribution in [3.8, 4) is 0 Å². The Morgan fingerprint density at radius 1 is 1.24 bits per heavy atom. The van der Waals surface area contributed by atoms with Gasteiger partial charge in [-0.25, -0.2) is 4.79 Å². The van der Waals surface area contributed by atoms with E-state index in [0.29, 0.717) is 4.90 Å². The molecule has 0 bridgehead atoms. The smallest absolute Gasteiger partial charge is 0.346 e. The number of thioether (sulfide) groups is 1. The maximum atomic E-state index is 12.4. The Bertz CT molecular complexity index is 625. The third-order valence-electron chi connectivity index (χ3n) is 2.43. The minimum atomic E-state index is -1.34. The molecule has 1 heterocycles. The van der Waals surface area contributed by atoms with Crippen LogP contribution in [0.15, 0.2) is 9.82 Å². The molecule has 0 atom stereocenters. The van der Waals surface area contributed by atoms with Crippen LogP contribution in [0.25, 0.3) is 0 Å². The Kier molecular flexibility index (Phi) is 5.47. The second-order valence-corrected chi connectivity index (χ2v) is 4.79. The van der Waals surface area contributed by atoms with E-state index in [0.717, 1.165) is 11.8 Å². The summed E-state index contributed by atoms with van der Waals surface area (Å²) < 4.78 is 0. The largest absolute Gasteiger partial charge is 0.480 e. The number of aromatic nitrogens is 2. The normalized spacial score (nSPS) is 10.2. The Labute approximate surface area is 123 Å². The van der Waals surface area contributed by atoms with Gasteiger partial charge in [0.2, 0.25) is 0 Å². The summed E-state index contributed by atoms with van der Waals surface area (Å²) in [6.07, 6.45) is 1.59. The average Bonchev–Trinajstić information content (AvgIpc) is 2.35. The second-order valence-electron chi connectivity index (χ2n) is 4.00. The number of nitrogens with one attached hydrogen (secondary N) is 1. The van der Waals surface area contributed by atoms with Crippen molar-refractivity contribution in [3.63, 3.8) is 0 Å². The standard InChI is InChI=1S/C11H13N3O6S/c1-5-8(9(21-2)13-11(20)12-5)10(19)14(3-6(15)16)4-7(17)18/h3-4H2,1-2H3,(H,15,16)(H,17,18)(H,12,13,20). The summed E-state index contributed by atoms with van der Waals surface area (Å²) in [6, 6.07) is 0. The number of aliphatic carboxylic acids is 2. The molecule has 0 aromatic carbocycles. The highest BCUT2D eigenvalue weighted by atomic mass is 32.2. The van der Waals surface area contributed by atoms with Crippen LogP contribution in [-0.4, -0.2) is 62.3 Å². The van der Waals surface area contributed by atoms with Gasteiger partial charge >= 0.3 is 17.6 Å². The average molecular weight is 315 g/mol. The minimum absolute atomic E-state index is 0.00963. The zero-order chi connectivity index (χ0) is 16.2. The third-order valence-corrected chi connectivity index (χ3v) is 3.12. The zero-order valence-corrected chi connectivity index (χ0v) is 12.1. The number of carboxylic acids is 2. The van der Waals surface area contributed by atoms with Crippen LogP contribution < -0.4 is 5.69 Å². The van der Waals surface area contributed by atoms with Crippen LogP contribution in [0.4, 0.5) is 0 Å². The molecule has 0 radical (unpaired) electrons. The number of amides is 1. The molecule has 1 amide bonds. The van der Waals surface area contributed by atoms with E-state index in [1.165, 1.54) is 6.92 Å². The van der Waals surface area contributed by atoms with Gasteiger partial charge in [0.25, 0.3) is 5.91 Å². The lowest BCUT2D eigenvalue weighted by molar-refractivity contribution is -0.140. The van der Waals surface area contributed by atoms with Gasteiger partial charge in [0.1, 0.15) is 18.1 Å². The van der Waals surface area contributed by atoms with Crippen LogP contribution in [0.1, 0.15) is 16.1 Å². The molecule has 0 fully saturated rings. The molecule has 1 aromatic rings. The molecule has 0 unspecified atom stereocenters. The van der Waals surface area contributed by atoms with Crippen molar-refractivity contribution in [1.82, 2.24) is 14.9 Å². The van der Waals surface area contributed by atoms with Crippen molar-refractivity contribution >= 4 is 29.6 Å². The molecule has 0 spiro atoms. The molecule has 1 rings (SSSR count). The van der Waals surface area contributed by atoms with Gasteiger partial charge in [-0.3, -0.25) is 14.4 Å². The predicted octanol–water partition coefficient (Wildman–Crippen LogP) is -0.588. The van der Waals surface area contributed by atoms with Gasteiger partial charge in [0.15, 0.2) is 0 Å². The van der Waals surface area contributed by atoms with Gasteiger partial charge in [-0.2, -0.15) is 4.98 Å². The molecule has 10 heteroatoms. The lowest BCUT2D eigenvalue weighted by atomic mass is 10.2. The number of hydrogen-bond donors (Lipinski definition) is 3. The van der Waals surface area contributed by atoms with Crippen molar-refractivity contribution in [2.24, 2.45) is 0 Å². The molecule has 3 N–H and O–H groups in total. The molecule has 0 saturated heterocycles. The Hall–Kier alpha value is -2.36. The maximum Gasteiger partial charge on any atom is 0.346 e. The van der Waals surface area contributed by atoms with Crippen LogP contribution in [0.5, 0.6) is 0 Å². The van der Waals surface area contributed by atoms with Gasteiger partial charge in [-0.05, 0) is 13.2 Å². The number of hydrogen-bond acceptors (Lipinski definition) is 6. The molecule has 0 saturated carbocycles. The quantitative estimate of drug-likeness (QED) is 0.467. The Balaban J connectivity index is 3.28.